The number of aromatic carboxylic acids is 1. The Morgan fingerprint density at radius 1 is 1.37 bits per heavy atom. The zero-order valence-corrected chi connectivity index (χ0v) is 11.3. The molecule has 0 amide bonds. The van der Waals surface area contributed by atoms with Crippen molar-refractivity contribution >= 4 is 5.97 Å². The summed E-state index contributed by atoms with van der Waals surface area (Å²) in [6, 6.07) is 9.85. The van der Waals surface area contributed by atoms with Crippen molar-refractivity contribution in [1.82, 2.24) is 9.78 Å². The molecule has 2 rings (SSSR count). The van der Waals surface area contributed by atoms with Crippen molar-refractivity contribution in [2.24, 2.45) is 0 Å². The lowest BCUT2D eigenvalue weighted by Crippen LogP contribution is -2.07. The molecule has 4 nitrogen and oxygen atoms in total. The number of carbonyl (C=O) groups is 1. The summed E-state index contributed by atoms with van der Waals surface area (Å²) in [5, 5.41) is 13.2. The van der Waals surface area contributed by atoms with Crippen molar-refractivity contribution in [3.63, 3.8) is 0 Å². The zero-order valence-electron chi connectivity index (χ0n) is 11.3. The third-order valence-corrected chi connectivity index (χ3v) is 3.00. The Hall–Kier alpha value is -2.10. The first-order chi connectivity index (χ1) is 9.10. The Morgan fingerprint density at radius 3 is 2.79 bits per heavy atom. The molecule has 1 N–H and O–H groups in total. The quantitative estimate of drug-likeness (QED) is 0.897. The minimum Gasteiger partial charge on any atom is -0.476 e. The number of benzene rings is 1. The number of rotatable bonds is 5. The molecule has 0 saturated heterocycles. The van der Waals surface area contributed by atoms with Gasteiger partial charge < -0.3 is 5.11 Å². The molecule has 2 aromatic rings. The van der Waals surface area contributed by atoms with Gasteiger partial charge in [0.2, 0.25) is 0 Å². The lowest BCUT2D eigenvalue weighted by Gasteiger charge is -2.07. The highest BCUT2D eigenvalue weighted by atomic mass is 16.4. The molecular formula is C15H18N2O2. The van der Waals surface area contributed by atoms with E-state index in [-0.39, 0.29) is 5.69 Å². The van der Waals surface area contributed by atoms with E-state index in [0.717, 1.165) is 24.1 Å². The zero-order chi connectivity index (χ0) is 13.8. The lowest BCUT2D eigenvalue weighted by atomic mass is 10.1. The van der Waals surface area contributed by atoms with Gasteiger partial charge in [0.15, 0.2) is 5.69 Å². The largest absolute Gasteiger partial charge is 0.476 e. The smallest absolute Gasteiger partial charge is 0.356 e. The summed E-state index contributed by atoms with van der Waals surface area (Å²) in [5.41, 5.74) is 3.43. The van der Waals surface area contributed by atoms with Crippen LogP contribution in [-0.4, -0.2) is 20.9 Å². The van der Waals surface area contributed by atoms with E-state index in [2.05, 4.69) is 18.1 Å². The average Bonchev–Trinajstić information content (AvgIpc) is 2.73. The fourth-order valence-corrected chi connectivity index (χ4v) is 2.14. The van der Waals surface area contributed by atoms with Gasteiger partial charge in [0.05, 0.1) is 6.54 Å². The fraction of sp³-hybridized carbons (Fsp3) is 0.333. The maximum absolute atomic E-state index is 11.0. The molecule has 0 bridgehead atoms. The van der Waals surface area contributed by atoms with Gasteiger partial charge in [-0.05, 0) is 25.0 Å². The summed E-state index contributed by atoms with van der Waals surface area (Å²) in [4.78, 5) is 11.0. The van der Waals surface area contributed by atoms with E-state index in [4.69, 9.17) is 5.11 Å². The highest BCUT2D eigenvalue weighted by Crippen LogP contribution is 2.12. The molecule has 1 aromatic carbocycles. The number of aromatic nitrogens is 2. The van der Waals surface area contributed by atoms with Crippen molar-refractivity contribution in [2.45, 2.75) is 33.2 Å². The Bertz CT molecular complexity index is 588. The Balaban J connectivity index is 2.30. The third-order valence-electron chi connectivity index (χ3n) is 3.00. The van der Waals surface area contributed by atoms with Crippen molar-refractivity contribution in [2.75, 3.05) is 0 Å². The Labute approximate surface area is 112 Å². The Kier molecular flexibility index (Phi) is 4.00. The van der Waals surface area contributed by atoms with Crippen molar-refractivity contribution < 1.29 is 9.90 Å². The van der Waals surface area contributed by atoms with Gasteiger partial charge in [-0.3, -0.25) is 4.68 Å². The van der Waals surface area contributed by atoms with E-state index in [0.29, 0.717) is 6.54 Å². The summed E-state index contributed by atoms with van der Waals surface area (Å²) in [7, 11) is 0. The minimum absolute atomic E-state index is 0.121. The molecule has 0 saturated carbocycles. The predicted octanol–water partition coefficient (Wildman–Crippen LogP) is 2.89. The van der Waals surface area contributed by atoms with Crippen molar-refractivity contribution in [3.8, 4) is 0 Å². The maximum Gasteiger partial charge on any atom is 0.356 e. The molecule has 0 radical (unpaired) electrons. The second-order valence-electron chi connectivity index (χ2n) is 4.72. The molecule has 0 aliphatic carbocycles. The molecule has 0 aliphatic rings. The van der Waals surface area contributed by atoms with E-state index in [1.54, 1.807) is 10.7 Å². The van der Waals surface area contributed by atoms with E-state index in [1.807, 2.05) is 25.1 Å². The highest BCUT2D eigenvalue weighted by molar-refractivity contribution is 5.85. The number of nitrogens with zero attached hydrogens (tertiary/aromatic N) is 2. The number of carboxylic acids is 1. The van der Waals surface area contributed by atoms with E-state index < -0.39 is 5.97 Å². The topological polar surface area (TPSA) is 55.1 Å². The van der Waals surface area contributed by atoms with Crippen LogP contribution in [0.1, 0.15) is 40.7 Å². The minimum atomic E-state index is -0.972. The molecule has 0 aliphatic heterocycles. The lowest BCUT2D eigenvalue weighted by molar-refractivity contribution is 0.0689. The summed E-state index contributed by atoms with van der Waals surface area (Å²) in [5.74, 6) is -0.972. The van der Waals surface area contributed by atoms with Crippen LogP contribution in [-0.2, 0) is 13.0 Å². The molecular weight excluding hydrogens is 240 g/mol. The van der Waals surface area contributed by atoms with Gasteiger partial charge in [0, 0.05) is 5.69 Å². The van der Waals surface area contributed by atoms with Crippen LogP contribution < -0.4 is 0 Å². The molecule has 0 atom stereocenters. The van der Waals surface area contributed by atoms with E-state index in [9.17, 15) is 4.79 Å². The van der Waals surface area contributed by atoms with Crippen LogP contribution in [0.15, 0.2) is 30.3 Å². The van der Waals surface area contributed by atoms with Crippen molar-refractivity contribution in [3.05, 3.63) is 52.8 Å². The van der Waals surface area contributed by atoms with Crippen LogP contribution in [0, 0.1) is 6.92 Å². The van der Waals surface area contributed by atoms with E-state index >= 15 is 0 Å². The van der Waals surface area contributed by atoms with Gasteiger partial charge in [-0.1, -0.05) is 43.2 Å². The second kappa shape index (κ2) is 5.69. The second-order valence-corrected chi connectivity index (χ2v) is 4.72. The average molecular weight is 258 g/mol. The van der Waals surface area contributed by atoms with Crippen LogP contribution >= 0.6 is 0 Å². The van der Waals surface area contributed by atoms with E-state index in [1.165, 1.54) is 5.56 Å². The van der Waals surface area contributed by atoms with Crippen LogP contribution in [0.5, 0.6) is 0 Å². The molecule has 0 unspecified atom stereocenters. The van der Waals surface area contributed by atoms with Gasteiger partial charge in [0.1, 0.15) is 0 Å². The maximum atomic E-state index is 11.0. The fourth-order valence-electron chi connectivity index (χ4n) is 2.14. The van der Waals surface area contributed by atoms with Crippen LogP contribution in [0.2, 0.25) is 0 Å². The third kappa shape index (κ3) is 3.22. The first kappa shape index (κ1) is 13.3. The summed E-state index contributed by atoms with van der Waals surface area (Å²) < 4.78 is 1.79. The van der Waals surface area contributed by atoms with Gasteiger partial charge in [-0.2, -0.15) is 5.10 Å². The molecule has 0 fully saturated rings. The van der Waals surface area contributed by atoms with Gasteiger partial charge in [-0.25, -0.2) is 4.79 Å². The van der Waals surface area contributed by atoms with Gasteiger partial charge in [-0.15, -0.1) is 0 Å². The number of hydrogen-bond donors (Lipinski definition) is 1. The summed E-state index contributed by atoms with van der Waals surface area (Å²) >= 11 is 0. The standard InChI is InChI=1S/C15H18N2O2/c1-3-5-13-9-14(15(18)19)16-17(13)10-12-7-4-6-11(2)8-12/h4,6-9H,3,5,10H2,1-2H3,(H,18,19). The number of aryl methyl sites for hydroxylation is 2. The highest BCUT2D eigenvalue weighted by Gasteiger charge is 2.12. The Morgan fingerprint density at radius 2 is 2.16 bits per heavy atom. The first-order valence-corrected chi connectivity index (χ1v) is 6.45. The molecule has 19 heavy (non-hydrogen) atoms. The molecule has 100 valence electrons. The number of carboxylic acid groups (broad SMARTS) is 1. The molecule has 0 spiro atoms. The molecule has 1 aromatic heterocycles. The monoisotopic (exact) mass is 258 g/mol. The normalized spacial score (nSPS) is 10.6. The first-order valence-electron chi connectivity index (χ1n) is 6.45. The summed E-state index contributed by atoms with van der Waals surface area (Å²) in [6.45, 7) is 4.73. The van der Waals surface area contributed by atoms with Crippen LogP contribution in [0.4, 0.5) is 0 Å². The SMILES string of the molecule is CCCc1cc(C(=O)O)nn1Cc1cccc(C)c1. The van der Waals surface area contributed by atoms with Crippen LogP contribution in [0.3, 0.4) is 0 Å². The molecule has 4 heteroatoms. The van der Waals surface area contributed by atoms with Gasteiger partial charge >= 0.3 is 5.97 Å². The predicted molar refractivity (Wildman–Crippen MR) is 73.5 cm³/mol. The summed E-state index contributed by atoms with van der Waals surface area (Å²) in [6.07, 6.45) is 1.81. The van der Waals surface area contributed by atoms with Crippen LogP contribution in [0.25, 0.3) is 0 Å². The van der Waals surface area contributed by atoms with Gasteiger partial charge in [0.25, 0.3) is 0 Å². The van der Waals surface area contributed by atoms with Crippen molar-refractivity contribution in [1.29, 1.82) is 0 Å². The number of hydrogen-bond acceptors (Lipinski definition) is 2. The molecule has 1 heterocycles.